The van der Waals surface area contributed by atoms with Gasteiger partial charge in [0.05, 0.1) is 16.7 Å². The summed E-state index contributed by atoms with van der Waals surface area (Å²) in [5.74, 6) is 0. The van der Waals surface area contributed by atoms with Crippen molar-refractivity contribution in [3.05, 3.63) is 205 Å². The van der Waals surface area contributed by atoms with Crippen LogP contribution in [0.1, 0.15) is 25.0 Å². The molecule has 0 spiro atoms. The lowest BCUT2D eigenvalue weighted by Gasteiger charge is -2.28. The number of aromatic nitrogens is 1. The van der Waals surface area contributed by atoms with E-state index in [-0.39, 0.29) is 5.41 Å². The second-order valence-electron chi connectivity index (χ2n) is 14.5. The van der Waals surface area contributed by atoms with Crippen molar-refractivity contribution < 1.29 is 0 Å². The first-order chi connectivity index (χ1) is 26.0. The maximum atomic E-state index is 3.31. The van der Waals surface area contributed by atoms with E-state index in [1.165, 1.54) is 60.8 Å². The topological polar surface area (TPSA) is 8.17 Å². The Labute approximate surface area is 310 Å². The van der Waals surface area contributed by atoms with Crippen molar-refractivity contribution in [2.24, 2.45) is 0 Å². The zero-order chi connectivity index (χ0) is 35.5. The number of hydrogen-bond donors (Lipinski definition) is 0. The summed E-state index contributed by atoms with van der Waals surface area (Å²) in [4.78, 5) is 2.40. The fourth-order valence-corrected chi connectivity index (χ4v) is 8.42. The highest BCUT2D eigenvalue weighted by atomic mass is 15.1. The molecule has 8 aromatic carbocycles. The minimum atomic E-state index is -0.0953. The van der Waals surface area contributed by atoms with E-state index in [0.717, 1.165) is 28.3 Å². The van der Waals surface area contributed by atoms with Crippen LogP contribution in [0.5, 0.6) is 0 Å². The summed E-state index contributed by atoms with van der Waals surface area (Å²) in [5, 5.41) is 2.45. The smallest absolute Gasteiger partial charge is 0.0973 e. The number of hydrogen-bond acceptors (Lipinski definition) is 1. The van der Waals surface area contributed by atoms with Gasteiger partial charge in [-0.05, 0) is 117 Å². The summed E-state index contributed by atoms with van der Waals surface area (Å²) in [6, 6.07) is 72.3. The summed E-state index contributed by atoms with van der Waals surface area (Å²) < 4.78 is 2.28. The van der Waals surface area contributed by atoms with E-state index < -0.39 is 0 Å². The molecule has 250 valence electrons. The second-order valence-corrected chi connectivity index (χ2v) is 14.5. The van der Waals surface area contributed by atoms with Crippen LogP contribution in [0.2, 0.25) is 0 Å². The molecule has 2 nitrogen and oxygen atoms in total. The van der Waals surface area contributed by atoms with E-state index in [2.05, 4.69) is 205 Å². The number of anilines is 3. The number of fused-ring (bicyclic) bond motifs is 6. The molecule has 1 aliphatic rings. The van der Waals surface area contributed by atoms with Gasteiger partial charge in [-0.15, -0.1) is 0 Å². The van der Waals surface area contributed by atoms with Crippen LogP contribution in [0.4, 0.5) is 17.1 Å². The maximum Gasteiger partial charge on any atom is 0.0973 e. The van der Waals surface area contributed by atoms with Gasteiger partial charge in [0.15, 0.2) is 0 Å². The van der Waals surface area contributed by atoms with Crippen LogP contribution < -0.4 is 4.90 Å². The summed E-state index contributed by atoms with van der Waals surface area (Å²) in [6.07, 6.45) is 0. The lowest BCUT2D eigenvalue weighted by Crippen LogP contribution is -2.16. The molecule has 53 heavy (non-hydrogen) atoms. The normalized spacial score (nSPS) is 12.7. The molecule has 1 aromatic heterocycles. The van der Waals surface area contributed by atoms with E-state index in [0.29, 0.717) is 0 Å². The van der Waals surface area contributed by atoms with Crippen molar-refractivity contribution in [1.82, 2.24) is 4.57 Å². The Hall–Kier alpha value is -6.82. The van der Waals surface area contributed by atoms with E-state index in [1.807, 2.05) is 12.1 Å². The lowest BCUT2D eigenvalue weighted by molar-refractivity contribution is 0.660. The molecule has 10 rings (SSSR count). The number of benzene rings is 7. The van der Waals surface area contributed by atoms with E-state index in [4.69, 9.17) is 0 Å². The monoisotopic (exact) mass is 676 g/mol. The van der Waals surface area contributed by atoms with E-state index in [9.17, 15) is 0 Å². The van der Waals surface area contributed by atoms with Crippen LogP contribution >= 0.6 is 0 Å². The van der Waals surface area contributed by atoms with Crippen LogP contribution in [-0.4, -0.2) is 4.57 Å². The van der Waals surface area contributed by atoms with Gasteiger partial charge in [0, 0.05) is 33.2 Å². The van der Waals surface area contributed by atoms with Gasteiger partial charge < -0.3 is 9.47 Å². The maximum absolute atomic E-state index is 3.31. The molecule has 0 N–H and O–H groups in total. The summed E-state index contributed by atoms with van der Waals surface area (Å²) in [5.41, 5.74) is 16.8. The first-order valence-electron chi connectivity index (χ1n) is 18.3. The zero-order valence-electron chi connectivity index (χ0n) is 29.7. The molecule has 0 saturated heterocycles. The summed E-state index contributed by atoms with van der Waals surface area (Å²) in [7, 11) is 0. The largest absolute Gasteiger partial charge is 0.310 e. The fraction of sp³-hybridized carbons (Fsp3) is 0.0588. The highest BCUT2D eigenvalue weighted by Crippen LogP contribution is 2.50. The third kappa shape index (κ3) is 5.05. The predicted octanol–water partition coefficient (Wildman–Crippen LogP) is 13.5. The molecule has 2 heteroatoms. The standard InChI is InChI=1S/C51H36N2/c1-51(2)47-22-11-9-20-43(47)44-30-29-42(34-48(44)51)52(41-19-13-16-37(32-41)35-14-5-3-6-15-35)40-27-24-36(25-28-40)38-26-31-50-46(33-38)45-21-10-12-23-49(45)53(50)39-17-7-4-8-18-39/h3-7,9-17,19-34H,1-2H3. The molecule has 0 saturated carbocycles. The molecule has 1 heterocycles. The molecule has 0 fully saturated rings. The molecule has 0 unspecified atom stereocenters. The van der Waals surface area contributed by atoms with Crippen molar-refractivity contribution in [3.63, 3.8) is 0 Å². The summed E-state index contributed by atoms with van der Waals surface area (Å²) in [6.45, 7) is 4.70. The third-order valence-electron chi connectivity index (χ3n) is 11.0. The number of para-hydroxylation sites is 1. The zero-order valence-corrected chi connectivity index (χ0v) is 29.7. The van der Waals surface area contributed by atoms with Crippen molar-refractivity contribution in [2.45, 2.75) is 19.3 Å². The Bertz CT molecular complexity index is 2790. The van der Waals surface area contributed by atoms with Gasteiger partial charge >= 0.3 is 0 Å². The highest BCUT2D eigenvalue weighted by molar-refractivity contribution is 6.10. The third-order valence-corrected chi connectivity index (χ3v) is 11.0. The predicted molar refractivity (Wildman–Crippen MR) is 222 cm³/mol. The quantitative estimate of drug-likeness (QED) is 0.170. The first-order valence-corrected chi connectivity index (χ1v) is 18.3. The first kappa shape index (κ1) is 31.0. The van der Waals surface area contributed by atoms with Crippen LogP contribution in [0.25, 0.3) is 60.9 Å². The van der Waals surface area contributed by atoms with Gasteiger partial charge in [0.2, 0.25) is 0 Å². The molecule has 1 aliphatic carbocycles. The average Bonchev–Trinajstić information content (AvgIpc) is 3.67. The molecule has 0 bridgehead atoms. The van der Waals surface area contributed by atoms with Crippen LogP contribution in [-0.2, 0) is 5.41 Å². The fourth-order valence-electron chi connectivity index (χ4n) is 8.42. The molecular formula is C51H36N2. The van der Waals surface area contributed by atoms with Crippen molar-refractivity contribution >= 4 is 38.9 Å². The molecule has 0 amide bonds. The van der Waals surface area contributed by atoms with Crippen LogP contribution in [0.15, 0.2) is 182 Å². The average molecular weight is 677 g/mol. The van der Waals surface area contributed by atoms with Gasteiger partial charge in [-0.2, -0.15) is 0 Å². The van der Waals surface area contributed by atoms with Crippen LogP contribution in [0.3, 0.4) is 0 Å². The minimum absolute atomic E-state index is 0.0953. The Balaban J connectivity index is 1.09. The van der Waals surface area contributed by atoms with Gasteiger partial charge in [-0.1, -0.05) is 135 Å². The van der Waals surface area contributed by atoms with Crippen LogP contribution in [0, 0.1) is 12.1 Å². The molecular weight excluding hydrogens is 641 g/mol. The van der Waals surface area contributed by atoms with Crippen molar-refractivity contribution in [2.75, 3.05) is 4.90 Å². The molecule has 0 atom stereocenters. The van der Waals surface area contributed by atoms with Gasteiger partial charge in [-0.25, -0.2) is 0 Å². The van der Waals surface area contributed by atoms with Gasteiger partial charge in [0.25, 0.3) is 0 Å². The van der Waals surface area contributed by atoms with E-state index >= 15 is 0 Å². The Morgan fingerprint density at radius 1 is 0.453 bits per heavy atom. The Morgan fingerprint density at radius 3 is 1.96 bits per heavy atom. The lowest BCUT2D eigenvalue weighted by atomic mass is 9.82. The molecule has 0 aliphatic heterocycles. The second kappa shape index (κ2) is 12.2. The van der Waals surface area contributed by atoms with Crippen molar-refractivity contribution in [1.29, 1.82) is 0 Å². The minimum Gasteiger partial charge on any atom is -0.310 e. The number of rotatable bonds is 6. The van der Waals surface area contributed by atoms with E-state index in [1.54, 1.807) is 0 Å². The highest BCUT2D eigenvalue weighted by Gasteiger charge is 2.35. The van der Waals surface area contributed by atoms with Gasteiger partial charge in [0.1, 0.15) is 0 Å². The van der Waals surface area contributed by atoms with Crippen molar-refractivity contribution in [3.8, 4) is 39.1 Å². The SMILES string of the molecule is CC1(C)c2ccccc2-c2ccc(N(c3ccc(-c4ccc5c(c4)c4ccccc4n5-c4c#cccc4)cc3)c3cccc(-c4ccccc4)c3)cc21. The Morgan fingerprint density at radius 2 is 1.11 bits per heavy atom. The Kier molecular flexibility index (Phi) is 7.10. The molecule has 9 aromatic rings. The molecule has 0 radical (unpaired) electrons. The number of nitrogens with zero attached hydrogens (tertiary/aromatic N) is 2. The van der Waals surface area contributed by atoms with Gasteiger partial charge in [-0.3, -0.25) is 0 Å². The summed E-state index contributed by atoms with van der Waals surface area (Å²) >= 11 is 0.